The number of carboxylic acid groups (broad SMARTS) is 1. The number of fused-ring (bicyclic) bond motifs is 1. The molecule has 0 bridgehead atoms. The first-order valence-corrected chi connectivity index (χ1v) is 5.78. The number of rotatable bonds is 3. The van der Waals surface area contributed by atoms with Gasteiger partial charge in [0.15, 0.2) is 5.58 Å². The third-order valence-electron chi connectivity index (χ3n) is 2.73. The van der Waals surface area contributed by atoms with Crippen LogP contribution in [-0.4, -0.2) is 16.1 Å². The molecule has 0 atom stereocenters. The normalized spacial score (nSPS) is 10.7. The van der Waals surface area contributed by atoms with E-state index in [1.807, 2.05) is 0 Å². The minimum Gasteiger partial charge on any atom is -0.478 e. The van der Waals surface area contributed by atoms with Gasteiger partial charge >= 0.3 is 5.97 Å². The summed E-state index contributed by atoms with van der Waals surface area (Å²) >= 11 is 0. The highest BCUT2D eigenvalue weighted by molar-refractivity contribution is 5.92. The minimum absolute atomic E-state index is 0.127. The van der Waals surface area contributed by atoms with Crippen LogP contribution in [0.1, 0.15) is 10.4 Å². The number of anilines is 2. The molecule has 2 N–H and O–H groups in total. The molecular weight excluding hydrogens is 263 g/mol. The van der Waals surface area contributed by atoms with Crippen molar-refractivity contribution in [1.29, 1.82) is 0 Å². The number of nitrogens with zero attached hydrogens (tertiary/aromatic N) is 1. The van der Waals surface area contributed by atoms with Crippen LogP contribution in [0.5, 0.6) is 0 Å². The van der Waals surface area contributed by atoms with Crippen LogP contribution in [0.2, 0.25) is 0 Å². The van der Waals surface area contributed by atoms with E-state index in [4.69, 9.17) is 9.52 Å². The van der Waals surface area contributed by atoms with E-state index in [1.165, 1.54) is 24.3 Å². The van der Waals surface area contributed by atoms with Crippen molar-refractivity contribution >= 4 is 28.8 Å². The number of hydrogen-bond donors (Lipinski definition) is 2. The first-order chi connectivity index (χ1) is 9.61. The molecule has 1 heterocycles. The summed E-state index contributed by atoms with van der Waals surface area (Å²) in [7, 11) is 0. The van der Waals surface area contributed by atoms with Gasteiger partial charge in [-0.25, -0.2) is 9.18 Å². The van der Waals surface area contributed by atoms with Crippen molar-refractivity contribution < 1.29 is 18.7 Å². The molecule has 0 fully saturated rings. The molecular formula is C14H9FN2O3. The van der Waals surface area contributed by atoms with Gasteiger partial charge in [-0.2, -0.15) is 4.98 Å². The molecule has 0 aliphatic carbocycles. The van der Waals surface area contributed by atoms with Gasteiger partial charge in [0.2, 0.25) is 0 Å². The van der Waals surface area contributed by atoms with Crippen LogP contribution in [0.15, 0.2) is 46.9 Å². The van der Waals surface area contributed by atoms with Crippen LogP contribution in [0.3, 0.4) is 0 Å². The van der Waals surface area contributed by atoms with E-state index in [2.05, 4.69) is 10.3 Å². The van der Waals surface area contributed by atoms with Gasteiger partial charge in [0.1, 0.15) is 11.3 Å². The Balaban J connectivity index is 1.92. The second-order valence-corrected chi connectivity index (χ2v) is 4.14. The summed E-state index contributed by atoms with van der Waals surface area (Å²) in [6, 6.07) is 10.4. The average molecular weight is 272 g/mol. The highest BCUT2D eigenvalue weighted by Gasteiger charge is 2.09. The van der Waals surface area contributed by atoms with Gasteiger partial charge in [-0.1, -0.05) is 0 Å². The van der Waals surface area contributed by atoms with E-state index in [-0.39, 0.29) is 17.4 Å². The Morgan fingerprint density at radius 2 is 1.95 bits per heavy atom. The predicted molar refractivity (Wildman–Crippen MR) is 70.7 cm³/mol. The predicted octanol–water partition coefficient (Wildman–Crippen LogP) is 3.41. The van der Waals surface area contributed by atoms with Crippen molar-refractivity contribution in [1.82, 2.24) is 4.98 Å². The third-order valence-corrected chi connectivity index (χ3v) is 2.73. The van der Waals surface area contributed by atoms with E-state index in [0.29, 0.717) is 16.8 Å². The Bertz CT molecular complexity index is 781. The first-order valence-electron chi connectivity index (χ1n) is 5.78. The summed E-state index contributed by atoms with van der Waals surface area (Å²) < 4.78 is 18.2. The number of benzene rings is 2. The third kappa shape index (κ3) is 2.31. The number of carbonyl (C=O) groups is 1. The highest BCUT2D eigenvalue weighted by atomic mass is 19.1. The molecule has 0 spiro atoms. The zero-order valence-corrected chi connectivity index (χ0v) is 10.1. The number of aromatic nitrogens is 1. The van der Waals surface area contributed by atoms with Gasteiger partial charge < -0.3 is 14.8 Å². The van der Waals surface area contributed by atoms with Crippen molar-refractivity contribution in [3.8, 4) is 0 Å². The molecule has 0 amide bonds. The molecule has 3 aromatic rings. The molecule has 1 aromatic heterocycles. The maximum atomic E-state index is 12.8. The average Bonchev–Trinajstić information content (AvgIpc) is 2.82. The molecule has 20 heavy (non-hydrogen) atoms. The monoisotopic (exact) mass is 272 g/mol. The fourth-order valence-corrected chi connectivity index (χ4v) is 1.77. The fourth-order valence-electron chi connectivity index (χ4n) is 1.77. The number of aromatic carboxylic acids is 1. The first kappa shape index (κ1) is 12.2. The van der Waals surface area contributed by atoms with Gasteiger partial charge in [-0.05, 0) is 42.5 Å². The van der Waals surface area contributed by atoms with Crippen LogP contribution < -0.4 is 5.32 Å². The van der Waals surface area contributed by atoms with Gasteiger partial charge in [0.25, 0.3) is 6.01 Å². The fraction of sp³-hybridized carbons (Fsp3) is 0. The van der Waals surface area contributed by atoms with Crippen molar-refractivity contribution in [2.75, 3.05) is 5.32 Å². The Morgan fingerprint density at radius 1 is 1.20 bits per heavy atom. The molecule has 2 aromatic carbocycles. The quantitative estimate of drug-likeness (QED) is 0.764. The lowest BCUT2D eigenvalue weighted by molar-refractivity contribution is 0.0697. The van der Waals surface area contributed by atoms with Crippen LogP contribution in [-0.2, 0) is 0 Å². The van der Waals surface area contributed by atoms with Crippen molar-refractivity contribution in [3.05, 3.63) is 53.8 Å². The van der Waals surface area contributed by atoms with E-state index >= 15 is 0 Å². The Labute approximate surface area is 112 Å². The van der Waals surface area contributed by atoms with E-state index in [0.717, 1.165) is 0 Å². The molecule has 100 valence electrons. The summed E-state index contributed by atoms with van der Waals surface area (Å²) in [6.45, 7) is 0. The molecule has 0 saturated heterocycles. The summed E-state index contributed by atoms with van der Waals surface area (Å²) in [4.78, 5) is 15.0. The summed E-state index contributed by atoms with van der Waals surface area (Å²) in [5, 5.41) is 11.8. The maximum Gasteiger partial charge on any atom is 0.335 e. The number of carboxylic acids is 1. The summed E-state index contributed by atoms with van der Waals surface area (Å²) in [6.07, 6.45) is 0. The molecule has 5 nitrogen and oxygen atoms in total. The lowest BCUT2D eigenvalue weighted by atomic mass is 10.2. The SMILES string of the molecule is O=C(O)c1ccc2nc(Nc3ccc(F)cc3)oc2c1. The van der Waals surface area contributed by atoms with Crippen LogP contribution >= 0.6 is 0 Å². The summed E-state index contributed by atoms with van der Waals surface area (Å²) in [5.74, 6) is -1.37. The lowest BCUT2D eigenvalue weighted by Crippen LogP contribution is -1.94. The second-order valence-electron chi connectivity index (χ2n) is 4.14. The van der Waals surface area contributed by atoms with Crippen molar-refractivity contribution in [3.63, 3.8) is 0 Å². The number of hydrogen-bond acceptors (Lipinski definition) is 4. The number of nitrogens with one attached hydrogen (secondary N) is 1. The van der Waals surface area contributed by atoms with Gasteiger partial charge in [0, 0.05) is 5.69 Å². The van der Waals surface area contributed by atoms with E-state index in [1.54, 1.807) is 18.2 Å². The van der Waals surface area contributed by atoms with Crippen LogP contribution in [0.25, 0.3) is 11.1 Å². The molecule has 0 unspecified atom stereocenters. The van der Waals surface area contributed by atoms with Gasteiger partial charge in [-0.3, -0.25) is 0 Å². The molecule has 0 aliphatic rings. The van der Waals surface area contributed by atoms with Crippen LogP contribution in [0, 0.1) is 5.82 Å². The lowest BCUT2D eigenvalue weighted by Gasteiger charge is -1.99. The molecule has 0 aliphatic heterocycles. The topological polar surface area (TPSA) is 75.4 Å². The molecule has 3 rings (SSSR count). The van der Waals surface area contributed by atoms with Crippen LogP contribution in [0.4, 0.5) is 16.1 Å². The second kappa shape index (κ2) is 4.65. The highest BCUT2D eigenvalue weighted by Crippen LogP contribution is 2.23. The molecule has 0 saturated carbocycles. The zero-order valence-electron chi connectivity index (χ0n) is 10.1. The van der Waals surface area contributed by atoms with E-state index in [9.17, 15) is 9.18 Å². The van der Waals surface area contributed by atoms with Crippen molar-refractivity contribution in [2.45, 2.75) is 0 Å². The van der Waals surface area contributed by atoms with Gasteiger partial charge in [-0.15, -0.1) is 0 Å². The number of halogens is 1. The Morgan fingerprint density at radius 3 is 2.65 bits per heavy atom. The largest absolute Gasteiger partial charge is 0.478 e. The number of oxazole rings is 1. The standard InChI is InChI=1S/C14H9FN2O3/c15-9-2-4-10(5-3-9)16-14-17-11-6-1-8(13(18)19)7-12(11)20-14/h1-7H,(H,16,17)(H,18,19). The van der Waals surface area contributed by atoms with Gasteiger partial charge in [0.05, 0.1) is 5.56 Å². The molecule has 0 radical (unpaired) electrons. The Hall–Kier alpha value is -2.89. The maximum absolute atomic E-state index is 12.8. The van der Waals surface area contributed by atoms with E-state index < -0.39 is 5.97 Å². The smallest absolute Gasteiger partial charge is 0.335 e. The zero-order chi connectivity index (χ0) is 14.1. The Kier molecular flexibility index (Phi) is 2.83. The minimum atomic E-state index is -1.03. The molecule has 6 heteroatoms. The summed E-state index contributed by atoms with van der Waals surface area (Å²) in [5.41, 5.74) is 1.66. The van der Waals surface area contributed by atoms with Crippen molar-refractivity contribution in [2.24, 2.45) is 0 Å².